The quantitative estimate of drug-likeness (QED) is 0.813. The number of carbonyl (C=O) groups is 1. The largest absolute Gasteiger partial charge is 0.347 e. The van der Waals surface area contributed by atoms with E-state index in [1.54, 1.807) is 0 Å². The summed E-state index contributed by atoms with van der Waals surface area (Å²) in [5, 5.41) is 6.63. The molecule has 0 spiro atoms. The molecule has 1 N–H and O–H groups in total. The SMILES string of the molecule is CCCn1nc(C(=O)NC2CCS(=O)(=O)C2)ccc1=O. The Balaban J connectivity index is 2.10. The van der Waals surface area contributed by atoms with E-state index < -0.39 is 15.7 Å². The van der Waals surface area contributed by atoms with Crippen molar-refractivity contribution in [3.05, 3.63) is 28.2 Å². The first-order chi connectivity index (χ1) is 9.41. The molecule has 20 heavy (non-hydrogen) atoms. The van der Waals surface area contributed by atoms with Crippen LogP contribution in [0.3, 0.4) is 0 Å². The number of amides is 1. The lowest BCUT2D eigenvalue weighted by Crippen LogP contribution is -2.37. The first-order valence-corrected chi connectivity index (χ1v) is 8.33. The lowest BCUT2D eigenvalue weighted by Gasteiger charge is -2.11. The second kappa shape index (κ2) is 5.74. The van der Waals surface area contributed by atoms with Crippen molar-refractivity contribution in [3.8, 4) is 0 Å². The Morgan fingerprint density at radius 1 is 1.50 bits per heavy atom. The molecular formula is C12H17N3O4S. The Hall–Kier alpha value is -1.70. The van der Waals surface area contributed by atoms with Crippen molar-refractivity contribution in [2.75, 3.05) is 11.5 Å². The summed E-state index contributed by atoms with van der Waals surface area (Å²) in [5.74, 6) is -0.384. The van der Waals surface area contributed by atoms with Crippen molar-refractivity contribution in [1.82, 2.24) is 15.1 Å². The van der Waals surface area contributed by atoms with Gasteiger partial charge in [0.2, 0.25) is 0 Å². The van der Waals surface area contributed by atoms with Crippen LogP contribution in [-0.4, -0.2) is 41.7 Å². The summed E-state index contributed by atoms with van der Waals surface area (Å²) in [5.41, 5.74) is -0.130. The standard InChI is InChI=1S/C12H17N3O4S/c1-2-6-15-11(16)4-3-10(14-15)12(17)13-9-5-7-20(18,19)8-9/h3-4,9H,2,5-8H2,1H3,(H,13,17). The minimum Gasteiger partial charge on any atom is -0.347 e. The second-order valence-corrected chi connectivity index (χ2v) is 7.08. The molecule has 1 aromatic rings. The number of rotatable bonds is 4. The summed E-state index contributed by atoms with van der Waals surface area (Å²) < 4.78 is 23.9. The molecule has 1 saturated heterocycles. The molecule has 0 saturated carbocycles. The Labute approximate surface area is 116 Å². The van der Waals surface area contributed by atoms with Crippen LogP contribution in [0.2, 0.25) is 0 Å². The zero-order valence-electron chi connectivity index (χ0n) is 11.2. The van der Waals surface area contributed by atoms with Crippen LogP contribution >= 0.6 is 0 Å². The third kappa shape index (κ3) is 3.44. The number of nitrogens with one attached hydrogen (secondary N) is 1. The van der Waals surface area contributed by atoms with E-state index in [1.807, 2.05) is 6.92 Å². The zero-order valence-corrected chi connectivity index (χ0v) is 12.0. The van der Waals surface area contributed by atoms with Gasteiger partial charge in [-0.1, -0.05) is 6.92 Å². The van der Waals surface area contributed by atoms with Gasteiger partial charge in [-0.15, -0.1) is 0 Å². The predicted octanol–water partition coefficient (Wildman–Crippen LogP) is -0.430. The first kappa shape index (κ1) is 14.7. The smallest absolute Gasteiger partial charge is 0.271 e. The van der Waals surface area contributed by atoms with Gasteiger partial charge in [-0.2, -0.15) is 5.10 Å². The van der Waals surface area contributed by atoms with E-state index in [0.717, 1.165) is 6.42 Å². The molecule has 8 heteroatoms. The van der Waals surface area contributed by atoms with Crippen molar-refractivity contribution in [2.24, 2.45) is 0 Å². The number of nitrogens with zero attached hydrogens (tertiary/aromatic N) is 2. The number of aromatic nitrogens is 2. The third-order valence-electron chi connectivity index (χ3n) is 3.10. The molecular weight excluding hydrogens is 282 g/mol. The van der Waals surface area contributed by atoms with Crippen LogP contribution in [0.4, 0.5) is 0 Å². The van der Waals surface area contributed by atoms with Crippen LogP contribution in [0, 0.1) is 0 Å². The summed E-state index contributed by atoms with van der Waals surface area (Å²) in [6, 6.07) is 2.27. The van der Waals surface area contributed by atoms with Gasteiger partial charge in [0.05, 0.1) is 11.5 Å². The molecule has 0 radical (unpaired) electrons. The Morgan fingerprint density at radius 2 is 2.25 bits per heavy atom. The number of hydrogen-bond acceptors (Lipinski definition) is 5. The summed E-state index contributed by atoms with van der Waals surface area (Å²) in [4.78, 5) is 23.5. The van der Waals surface area contributed by atoms with Crippen LogP contribution in [-0.2, 0) is 16.4 Å². The minimum absolute atomic E-state index is 0.0344. The number of aryl methyl sites for hydroxylation is 1. The highest BCUT2D eigenvalue weighted by Crippen LogP contribution is 2.11. The van der Waals surface area contributed by atoms with E-state index in [1.165, 1.54) is 16.8 Å². The van der Waals surface area contributed by atoms with Crippen LogP contribution in [0.25, 0.3) is 0 Å². The van der Waals surface area contributed by atoms with E-state index in [9.17, 15) is 18.0 Å². The summed E-state index contributed by atoms with van der Waals surface area (Å²) >= 11 is 0. The lowest BCUT2D eigenvalue weighted by atomic mass is 10.2. The molecule has 0 aliphatic carbocycles. The minimum atomic E-state index is -3.04. The number of sulfone groups is 1. The van der Waals surface area contributed by atoms with Gasteiger partial charge in [-0.3, -0.25) is 9.59 Å². The fourth-order valence-electron chi connectivity index (χ4n) is 2.11. The van der Waals surface area contributed by atoms with Crippen LogP contribution < -0.4 is 10.9 Å². The monoisotopic (exact) mass is 299 g/mol. The molecule has 2 heterocycles. The third-order valence-corrected chi connectivity index (χ3v) is 4.87. The molecule has 110 valence electrons. The van der Waals surface area contributed by atoms with E-state index in [4.69, 9.17) is 0 Å². The first-order valence-electron chi connectivity index (χ1n) is 6.51. The molecule has 1 aliphatic rings. The van der Waals surface area contributed by atoms with Gasteiger partial charge in [-0.25, -0.2) is 13.1 Å². The highest BCUT2D eigenvalue weighted by atomic mass is 32.2. The maximum atomic E-state index is 12.0. The highest BCUT2D eigenvalue weighted by Gasteiger charge is 2.29. The topological polar surface area (TPSA) is 98.1 Å². The molecule has 1 aliphatic heterocycles. The normalized spacial score (nSPS) is 20.8. The van der Waals surface area contributed by atoms with Crippen molar-refractivity contribution in [3.63, 3.8) is 0 Å². The summed E-state index contributed by atoms with van der Waals surface area (Å²) in [7, 11) is -3.04. The van der Waals surface area contributed by atoms with Gasteiger partial charge in [-0.05, 0) is 18.9 Å². The molecule has 1 atom stereocenters. The lowest BCUT2D eigenvalue weighted by molar-refractivity contribution is 0.0933. The van der Waals surface area contributed by atoms with Gasteiger partial charge < -0.3 is 5.32 Å². The van der Waals surface area contributed by atoms with Crippen LogP contribution in [0.5, 0.6) is 0 Å². The molecule has 1 fully saturated rings. The Bertz CT molecular complexity index is 666. The average molecular weight is 299 g/mol. The molecule has 2 rings (SSSR count). The van der Waals surface area contributed by atoms with Crippen molar-refractivity contribution in [1.29, 1.82) is 0 Å². The fraction of sp³-hybridized carbons (Fsp3) is 0.583. The highest BCUT2D eigenvalue weighted by molar-refractivity contribution is 7.91. The maximum absolute atomic E-state index is 12.0. The van der Waals surface area contributed by atoms with E-state index in [-0.39, 0.29) is 28.8 Å². The van der Waals surface area contributed by atoms with E-state index >= 15 is 0 Å². The number of hydrogen-bond donors (Lipinski definition) is 1. The molecule has 1 unspecified atom stereocenters. The van der Waals surface area contributed by atoms with Gasteiger partial charge in [0.1, 0.15) is 5.69 Å². The fourth-order valence-corrected chi connectivity index (χ4v) is 3.78. The van der Waals surface area contributed by atoms with Crippen molar-refractivity contribution >= 4 is 15.7 Å². The van der Waals surface area contributed by atoms with Crippen molar-refractivity contribution < 1.29 is 13.2 Å². The van der Waals surface area contributed by atoms with E-state index in [2.05, 4.69) is 10.4 Å². The average Bonchev–Trinajstić information content (AvgIpc) is 2.71. The molecule has 0 bridgehead atoms. The van der Waals surface area contributed by atoms with E-state index in [0.29, 0.717) is 13.0 Å². The zero-order chi connectivity index (χ0) is 14.8. The molecule has 1 aromatic heterocycles. The van der Waals surface area contributed by atoms with Crippen LogP contribution in [0.1, 0.15) is 30.3 Å². The molecule has 7 nitrogen and oxygen atoms in total. The second-order valence-electron chi connectivity index (χ2n) is 4.85. The van der Waals surface area contributed by atoms with Gasteiger partial charge in [0.15, 0.2) is 9.84 Å². The predicted molar refractivity (Wildman–Crippen MR) is 73.3 cm³/mol. The molecule has 1 amide bonds. The summed E-state index contributed by atoms with van der Waals surface area (Å²) in [6.45, 7) is 2.35. The Morgan fingerprint density at radius 3 is 2.85 bits per heavy atom. The Kier molecular flexibility index (Phi) is 4.22. The van der Waals surface area contributed by atoms with Gasteiger partial charge in [0.25, 0.3) is 11.5 Å². The maximum Gasteiger partial charge on any atom is 0.271 e. The van der Waals surface area contributed by atoms with Gasteiger partial charge in [0, 0.05) is 18.7 Å². The molecule has 0 aromatic carbocycles. The van der Waals surface area contributed by atoms with Gasteiger partial charge >= 0.3 is 0 Å². The van der Waals surface area contributed by atoms with Crippen LogP contribution in [0.15, 0.2) is 16.9 Å². The van der Waals surface area contributed by atoms with Crippen molar-refractivity contribution in [2.45, 2.75) is 32.4 Å². The number of carbonyl (C=O) groups excluding carboxylic acids is 1. The summed E-state index contributed by atoms with van der Waals surface area (Å²) in [6.07, 6.45) is 1.15.